The summed E-state index contributed by atoms with van der Waals surface area (Å²) in [5.74, 6) is 2.39. The fraction of sp³-hybridized carbons (Fsp3) is 0.950. The van der Waals surface area contributed by atoms with E-state index in [1.807, 2.05) is 0 Å². The summed E-state index contributed by atoms with van der Waals surface area (Å²) in [6.45, 7) is 21.3. The van der Waals surface area contributed by atoms with Gasteiger partial charge in [-0.25, -0.2) is 0 Å². The Kier molecular flexibility index (Phi) is 11.9. The summed E-state index contributed by atoms with van der Waals surface area (Å²) in [5, 5.41) is 6.86. The van der Waals surface area contributed by atoms with E-state index in [4.69, 9.17) is 4.99 Å². The zero-order valence-corrected chi connectivity index (χ0v) is 17.5. The maximum atomic E-state index is 4.80. The van der Waals surface area contributed by atoms with E-state index < -0.39 is 0 Å². The fourth-order valence-corrected chi connectivity index (χ4v) is 3.26. The van der Waals surface area contributed by atoms with Crippen molar-refractivity contribution >= 4 is 5.96 Å². The van der Waals surface area contributed by atoms with Crippen molar-refractivity contribution in [2.45, 2.75) is 53.9 Å². The molecule has 0 spiro atoms. The van der Waals surface area contributed by atoms with Crippen molar-refractivity contribution in [3.8, 4) is 0 Å². The van der Waals surface area contributed by atoms with Crippen molar-refractivity contribution in [1.29, 1.82) is 0 Å². The van der Waals surface area contributed by atoms with Crippen LogP contribution in [-0.4, -0.2) is 74.7 Å². The van der Waals surface area contributed by atoms with Gasteiger partial charge in [-0.15, -0.1) is 0 Å². The fourth-order valence-electron chi connectivity index (χ4n) is 3.26. The minimum Gasteiger partial charge on any atom is -0.357 e. The zero-order valence-electron chi connectivity index (χ0n) is 17.5. The van der Waals surface area contributed by atoms with E-state index in [0.717, 1.165) is 38.1 Å². The summed E-state index contributed by atoms with van der Waals surface area (Å²) in [5.41, 5.74) is 0. The standard InChI is InChI=1S/C20H43N5/c1-6-21-20(22-11-9-8-10-18(3)4)23-16-19(5)17-25-14-12-24(7-2)13-15-25/h18-19H,6-17H2,1-5H3,(H2,21,22,23). The van der Waals surface area contributed by atoms with Crippen LogP contribution in [0, 0.1) is 11.8 Å². The number of piperazine rings is 1. The number of guanidine groups is 1. The molecule has 0 aromatic rings. The molecular formula is C20H43N5. The molecule has 2 N–H and O–H groups in total. The highest BCUT2D eigenvalue weighted by Crippen LogP contribution is 2.06. The van der Waals surface area contributed by atoms with Crippen LogP contribution in [0.3, 0.4) is 0 Å². The van der Waals surface area contributed by atoms with E-state index in [0.29, 0.717) is 5.92 Å². The van der Waals surface area contributed by atoms with Crippen LogP contribution in [0.5, 0.6) is 0 Å². The van der Waals surface area contributed by atoms with Crippen molar-refractivity contribution in [3.63, 3.8) is 0 Å². The van der Waals surface area contributed by atoms with Crippen molar-refractivity contribution in [1.82, 2.24) is 20.4 Å². The molecule has 148 valence electrons. The molecule has 5 heteroatoms. The van der Waals surface area contributed by atoms with Gasteiger partial charge >= 0.3 is 0 Å². The van der Waals surface area contributed by atoms with E-state index in [9.17, 15) is 0 Å². The number of unbranched alkanes of at least 4 members (excludes halogenated alkanes) is 1. The monoisotopic (exact) mass is 353 g/mol. The number of nitrogens with one attached hydrogen (secondary N) is 2. The third-order valence-corrected chi connectivity index (χ3v) is 4.89. The predicted molar refractivity (Wildman–Crippen MR) is 110 cm³/mol. The molecule has 1 fully saturated rings. The molecule has 25 heavy (non-hydrogen) atoms. The molecule has 1 rings (SSSR count). The van der Waals surface area contributed by atoms with Gasteiger partial charge in [0.2, 0.25) is 0 Å². The van der Waals surface area contributed by atoms with Crippen LogP contribution >= 0.6 is 0 Å². The second kappa shape index (κ2) is 13.4. The first-order valence-electron chi connectivity index (χ1n) is 10.5. The molecule has 0 bridgehead atoms. The molecule has 0 aromatic carbocycles. The smallest absolute Gasteiger partial charge is 0.191 e. The Morgan fingerprint density at radius 2 is 1.64 bits per heavy atom. The minimum atomic E-state index is 0.601. The topological polar surface area (TPSA) is 42.9 Å². The first kappa shape index (κ1) is 22.2. The Balaban J connectivity index is 2.25. The second-order valence-corrected chi connectivity index (χ2v) is 7.88. The third kappa shape index (κ3) is 10.7. The highest BCUT2D eigenvalue weighted by atomic mass is 15.3. The number of hydrogen-bond acceptors (Lipinski definition) is 3. The SMILES string of the molecule is CCNC(=NCC(C)CN1CCN(CC)CC1)NCCCCC(C)C. The van der Waals surface area contributed by atoms with Crippen molar-refractivity contribution in [2.75, 3.05) is 58.9 Å². The maximum Gasteiger partial charge on any atom is 0.191 e. The summed E-state index contributed by atoms with van der Waals surface area (Å²) in [6.07, 6.45) is 3.84. The van der Waals surface area contributed by atoms with Crippen LogP contribution in [-0.2, 0) is 0 Å². The Hall–Kier alpha value is -0.810. The number of hydrogen-bond donors (Lipinski definition) is 2. The Morgan fingerprint density at radius 1 is 0.960 bits per heavy atom. The largest absolute Gasteiger partial charge is 0.357 e. The molecule has 5 nitrogen and oxygen atoms in total. The predicted octanol–water partition coefficient (Wildman–Crippen LogP) is 2.64. The Labute approximate surface area is 156 Å². The van der Waals surface area contributed by atoms with Crippen molar-refractivity contribution in [2.24, 2.45) is 16.8 Å². The van der Waals surface area contributed by atoms with Gasteiger partial charge in [0.25, 0.3) is 0 Å². The molecule has 1 aliphatic heterocycles. The molecule has 1 saturated heterocycles. The van der Waals surface area contributed by atoms with Gasteiger partial charge in [0.1, 0.15) is 0 Å². The van der Waals surface area contributed by atoms with Gasteiger partial charge in [0.15, 0.2) is 5.96 Å². The van der Waals surface area contributed by atoms with Gasteiger partial charge in [-0.1, -0.05) is 40.5 Å². The number of nitrogens with zero attached hydrogens (tertiary/aromatic N) is 3. The highest BCUT2D eigenvalue weighted by molar-refractivity contribution is 5.79. The summed E-state index contributed by atoms with van der Waals surface area (Å²) in [6, 6.07) is 0. The highest BCUT2D eigenvalue weighted by Gasteiger charge is 2.17. The van der Waals surface area contributed by atoms with E-state index in [1.54, 1.807) is 0 Å². The van der Waals surface area contributed by atoms with E-state index in [2.05, 4.69) is 55.1 Å². The summed E-state index contributed by atoms with van der Waals surface area (Å²) < 4.78 is 0. The molecule has 1 aliphatic rings. The van der Waals surface area contributed by atoms with Gasteiger partial charge < -0.3 is 20.4 Å². The third-order valence-electron chi connectivity index (χ3n) is 4.89. The Morgan fingerprint density at radius 3 is 2.24 bits per heavy atom. The van der Waals surface area contributed by atoms with Gasteiger partial charge in [0, 0.05) is 52.4 Å². The normalized spacial score (nSPS) is 18.6. The van der Waals surface area contributed by atoms with Crippen LogP contribution in [0.15, 0.2) is 4.99 Å². The zero-order chi connectivity index (χ0) is 18.5. The average molecular weight is 354 g/mol. The van der Waals surface area contributed by atoms with Crippen LogP contribution in [0.25, 0.3) is 0 Å². The average Bonchev–Trinajstić information content (AvgIpc) is 2.59. The van der Waals surface area contributed by atoms with E-state index in [1.165, 1.54) is 52.0 Å². The van der Waals surface area contributed by atoms with E-state index in [-0.39, 0.29) is 0 Å². The first-order valence-corrected chi connectivity index (χ1v) is 10.5. The van der Waals surface area contributed by atoms with Gasteiger partial charge in [-0.2, -0.15) is 0 Å². The van der Waals surface area contributed by atoms with Gasteiger partial charge in [-0.3, -0.25) is 4.99 Å². The molecule has 0 aromatic heterocycles. The van der Waals surface area contributed by atoms with Crippen LogP contribution in [0.1, 0.15) is 53.9 Å². The number of likely N-dealkylation sites (N-methyl/N-ethyl adjacent to an activating group) is 1. The molecule has 1 atom stereocenters. The summed E-state index contributed by atoms with van der Waals surface area (Å²) in [4.78, 5) is 9.93. The first-order chi connectivity index (χ1) is 12.0. The van der Waals surface area contributed by atoms with Crippen molar-refractivity contribution < 1.29 is 0 Å². The number of aliphatic imine (C=N–C) groups is 1. The molecule has 0 saturated carbocycles. The Bertz CT molecular complexity index is 348. The molecule has 0 amide bonds. The summed E-state index contributed by atoms with van der Waals surface area (Å²) >= 11 is 0. The number of rotatable bonds is 11. The van der Waals surface area contributed by atoms with Crippen LogP contribution in [0.2, 0.25) is 0 Å². The quantitative estimate of drug-likeness (QED) is 0.340. The lowest BCUT2D eigenvalue weighted by Gasteiger charge is -2.35. The molecule has 1 unspecified atom stereocenters. The lowest BCUT2D eigenvalue weighted by Crippen LogP contribution is -2.47. The lowest BCUT2D eigenvalue weighted by atomic mass is 10.1. The van der Waals surface area contributed by atoms with Crippen LogP contribution in [0.4, 0.5) is 0 Å². The van der Waals surface area contributed by atoms with E-state index >= 15 is 0 Å². The van der Waals surface area contributed by atoms with Gasteiger partial charge in [-0.05, 0) is 31.7 Å². The molecular weight excluding hydrogens is 310 g/mol. The molecule has 0 radical (unpaired) electrons. The van der Waals surface area contributed by atoms with Gasteiger partial charge in [0.05, 0.1) is 0 Å². The molecule has 1 heterocycles. The summed E-state index contributed by atoms with van der Waals surface area (Å²) in [7, 11) is 0. The maximum absolute atomic E-state index is 4.80. The lowest BCUT2D eigenvalue weighted by molar-refractivity contribution is 0.125. The van der Waals surface area contributed by atoms with Crippen molar-refractivity contribution in [3.05, 3.63) is 0 Å². The van der Waals surface area contributed by atoms with Crippen LogP contribution < -0.4 is 10.6 Å². The second-order valence-electron chi connectivity index (χ2n) is 7.88. The minimum absolute atomic E-state index is 0.601. The molecule has 0 aliphatic carbocycles.